The van der Waals surface area contributed by atoms with E-state index in [2.05, 4.69) is 58.1 Å². The maximum Gasteiger partial charge on any atom is 0.416 e. The molecule has 39 heavy (non-hydrogen) atoms. The molecule has 3 aromatic rings. The summed E-state index contributed by atoms with van der Waals surface area (Å²) in [5, 5.41) is 8.04. The predicted molar refractivity (Wildman–Crippen MR) is 158 cm³/mol. The quantitative estimate of drug-likeness (QED) is 0.219. The molecule has 214 valence electrons. The van der Waals surface area contributed by atoms with Gasteiger partial charge >= 0.3 is 6.09 Å². The standard InChI is InChI=1S/C29H44FN5O3Si/c1-20(2)22-18-32-35-25(17-24(33-26(22)35)31-15-16-37-39(9,10)29(6,7)8)34(27(36)38-28(3,4)5)19-21-13-11-12-14-23(21)30/h11-14,17-18,20H,15-16,19H2,1-10H3,(H,31,33). The van der Waals surface area contributed by atoms with Crippen molar-refractivity contribution in [2.24, 2.45) is 0 Å². The van der Waals surface area contributed by atoms with Gasteiger partial charge in [-0.3, -0.25) is 4.90 Å². The Morgan fingerprint density at radius 3 is 2.41 bits per heavy atom. The average Bonchev–Trinajstić information content (AvgIpc) is 3.23. The van der Waals surface area contributed by atoms with E-state index in [0.717, 1.165) is 5.56 Å². The monoisotopic (exact) mass is 557 g/mol. The highest BCUT2D eigenvalue weighted by Gasteiger charge is 2.37. The largest absolute Gasteiger partial charge is 0.443 e. The maximum absolute atomic E-state index is 14.7. The lowest BCUT2D eigenvalue weighted by Gasteiger charge is -2.36. The summed E-state index contributed by atoms with van der Waals surface area (Å²) >= 11 is 0. The number of hydrogen-bond acceptors (Lipinski definition) is 6. The number of amides is 1. The predicted octanol–water partition coefficient (Wildman–Crippen LogP) is 7.37. The molecule has 0 unspecified atom stereocenters. The number of carbonyl (C=O) groups excluding carboxylic acids is 1. The summed E-state index contributed by atoms with van der Waals surface area (Å²) in [6, 6.07) is 8.16. The van der Waals surface area contributed by atoms with E-state index in [4.69, 9.17) is 14.1 Å². The maximum atomic E-state index is 14.7. The van der Waals surface area contributed by atoms with Crippen LogP contribution in [0.5, 0.6) is 0 Å². The first-order chi connectivity index (χ1) is 18.0. The summed E-state index contributed by atoms with van der Waals surface area (Å²) in [6.45, 7) is 21.6. The number of halogens is 1. The number of carbonyl (C=O) groups is 1. The molecule has 0 aliphatic heterocycles. The molecule has 0 radical (unpaired) electrons. The fourth-order valence-electron chi connectivity index (χ4n) is 3.71. The number of aromatic nitrogens is 3. The second-order valence-corrected chi connectivity index (χ2v) is 17.5. The second kappa shape index (κ2) is 11.6. The van der Waals surface area contributed by atoms with Crippen LogP contribution in [0.4, 0.5) is 20.8 Å². The van der Waals surface area contributed by atoms with Crippen LogP contribution in [0.1, 0.15) is 72.4 Å². The summed E-state index contributed by atoms with van der Waals surface area (Å²) in [5.74, 6) is 0.750. The van der Waals surface area contributed by atoms with Crippen molar-refractivity contribution in [1.82, 2.24) is 14.6 Å². The molecule has 8 nitrogen and oxygen atoms in total. The molecule has 0 aliphatic carbocycles. The average molecular weight is 558 g/mol. The van der Waals surface area contributed by atoms with Crippen LogP contribution < -0.4 is 10.2 Å². The van der Waals surface area contributed by atoms with E-state index >= 15 is 0 Å². The molecule has 10 heteroatoms. The summed E-state index contributed by atoms with van der Waals surface area (Å²) in [6.07, 6.45) is 1.16. The van der Waals surface area contributed by atoms with E-state index in [0.29, 0.717) is 36.0 Å². The molecule has 0 bridgehead atoms. The van der Waals surface area contributed by atoms with Crippen LogP contribution in [-0.2, 0) is 15.7 Å². The molecule has 0 spiro atoms. The van der Waals surface area contributed by atoms with Gasteiger partial charge in [-0.1, -0.05) is 52.8 Å². The van der Waals surface area contributed by atoms with Gasteiger partial charge in [-0.15, -0.1) is 0 Å². The number of fused-ring (bicyclic) bond motifs is 1. The van der Waals surface area contributed by atoms with E-state index in [1.165, 1.54) is 11.0 Å². The van der Waals surface area contributed by atoms with Crippen molar-refractivity contribution in [2.75, 3.05) is 23.4 Å². The van der Waals surface area contributed by atoms with Crippen molar-refractivity contribution in [3.8, 4) is 0 Å². The molecule has 1 N–H and O–H groups in total. The third kappa shape index (κ3) is 7.57. The third-order valence-electron chi connectivity index (χ3n) is 6.96. The Morgan fingerprint density at radius 1 is 1.15 bits per heavy atom. The molecule has 0 saturated carbocycles. The Labute approximate surface area is 233 Å². The molecular formula is C29H44FN5O3Si. The lowest BCUT2D eigenvalue weighted by atomic mass is 10.1. The fraction of sp³-hybridized carbons (Fsp3) is 0.552. The first-order valence-electron chi connectivity index (χ1n) is 13.5. The van der Waals surface area contributed by atoms with Crippen LogP contribution in [-0.4, -0.2) is 47.8 Å². The van der Waals surface area contributed by atoms with Gasteiger partial charge < -0.3 is 14.5 Å². The zero-order valence-corrected chi connectivity index (χ0v) is 26.1. The number of nitrogens with zero attached hydrogens (tertiary/aromatic N) is 4. The Morgan fingerprint density at radius 2 is 1.82 bits per heavy atom. The minimum Gasteiger partial charge on any atom is -0.443 e. The molecule has 2 aromatic heterocycles. The highest BCUT2D eigenvalue weighted by atomic mass is 28.4. The summed E-state index contributed by atoms with van der Waals surface area (Å²) < 4.78 is 28.4. The van der Waals surface area contributed by atoms with Crippen molar-refractivity contribution in [3.05, 3.63) is 53.5 Å². The Balaban J connectivity index is 2.03. The molecule has 2 heterocycles. The number of anilines is 2. The van der Waals surface area contributed by atoms with Crippen molar-refractivity contribution in [3.63, 3.8) is 0 Å². The van der Waals surface area contributed by atoms with Crippen LogP contribution in [0.3, 0.4) is 0 Å². The van der Waals surface area contributed by atoms with Crippen molar-refractivity contribution < 1.29 is 18.3 Å². The Bertz CT molecular complexity index is 1290. The van der Waals surface area contributed by atoms with Crippen LogP contribution in [0.25, 0.3) is 5.65 Å². The van der Waals surface area contributed by atoms with E-state index in [1.54, 1.807) is 55.7 Å². The van der Waals surface area contributed by atoms with Gasteiger partial charge in [-0.25, -0.2) is 14.2 Å². The van der Waals surface area contributed by atoms with E-state index in [1.807, 2.05) is 0 Å². The van der Waals surface area contributed by atoms with Crippen molar-refractivity contribution in [2.45, 2.75) is 91.6 Å². The van der Waals surface area contributed by atoms with Crippen LogP contribution in [0.15, 0.2) is 36.5 Å². The molecule has 0 atom stereocenters. The Kier molecular flexibility index (Phi) is 9.12. The molecule has 1 aromatic carbocycles. The third-order valence-corrected chi connectivity index (χ3v) is 11.5. The first kappa shape index (κ1) is 30.6. The van der Waals surface area contributed by atoms with Crippen LogP contribution in [0, 0.1) is 5.82 Å². The van der Waals surface area contributed by atoms with Gasteiger partial charge in [-0.05, 0) is 50.9 Å². The normalized spacial score (nSPS) is 12.7. The van der Waals surface area contributed by atoms with Gasteiger partial charge in [0.15, 0.2) is 14.0 Å². The molecular weight excluding hydrogens is 513 g/mol. The number of hydrogen-bond donors (Lipinski definition) is 1. The van der Waals surface area contributed by atoms with Gasteiger partial charge in [0.1, 0.15) is 23.1 Å². The number of rotatable bonds is 9. The van der Waals surface area contributed by atoms with Gasteiger partial charge in [0.05, 0.1) is 19.3 Å². The SMILES string of the molecule is CC(C)c1cnn2c(N(Cc3ccccc3F)C(=O)OC(C)(C)C)cc(NCCO[Si](C)(C)C(C)(C)C)nc12. The summed E-state index contributed by atoms with van der Waals surface area (Å²) in [4.78, 5) is 19.8. The molecule has 0 aliphatic rings. The van der Waals surface area contributed by atoms with Crippen LogP contribution >= 0.6 is 0 Å². The molecule has 3 rings (SSSR count). The first-order valence-corrected chi connectivity index (χ1v) is 16.4. The summed E-state index contributed by atoms with van der Waals surface area (Å²) in [7, 11) is -1.89. The highest BCUT2D eigenvalue weighted by molar-refractivity contribution is 6.74. The number of benzene rings is 1. The summed E-state index contributed by atoms with van der Waals surface area (Å²) in [5.41, 5.74) is 1.18. The minimum absolute atomic E-state index is 0.0362. The topological polar surface area (TPSA) is 81.0 Å². The lowest BCUT2D eigenvalue weighted by molar-refractivity contribution is 0.0575. The van der Waals surface area contributed by atoms with Crippen molar-refractivity contribution in [1.29, 1.82) is 0 Å². The zero-order chi connectivity index (χ0) is 29.2. The Hall–Kier alpha value is -2.98. The van der Waals surface area contributed by atoms with Crippen molar-refractivity contribution >= 4 is 31.7 Å². The van der Waals surface area contributed by atoms with Gasteiger partial charge in [-0.2, -0.15) is 9.61 Å². The molecule has 0 fully saturated rings. The van der Waals surface area contributed by atoms with E-state index in [-0.39, 0.29) is 17.5 Å². The minimum atomic E-state index is -1.89. The van der Waals surface area contributed by atoms with Crippen LogP contribution in [0.2, 0.25) is 18.1 Å². The van der Waals surface area contributed by atoms with Gasteiger partial charge in [0.2, 0.25) is 0 Å². The smallest absolute Gasteiger partial charge is 0.416 e. The molecule has 0 saturated heterocycles. The van der Waals surface area contributed by atoms with E-state index in [9.17, 15) is 9.18 Å². The lowest BCUT2D eigenvalue weighted by Crippen LogP contribution is -2.41. The van der Waals surface area contributed by atoms with E-state index < -0.39 is 25.8 Å². The van der Waals surface area contributed by atoms with Gasteiger partial charge in [0, 0.05) is 23.7 Å². The highest BCUT2D eigenvalue weighted by Crippen LogP contribution is 2.36. The fourth-order valence-corrected chi connectivity index (χ4v) is 4.75. The molecule has 1 amide bonds. The number of ether oxygens (including phenoxy) is 1. The number of nitrogens with one attached hydrogen (secondary N) is 1. The second-order valence-electron chi connectivity index (χ2n) is 12.7. The van der Waals surface area contributed by atoms with Gasteiger partial charge in [0.25, 0.3) is 0 Å². The zero-order valence-electron chi connectivity index (χ0n) is 25.1.